The quantitative estimate of drug-likeness (QED) is 0.724. The Morgan fingerprint density at radius 1 is 1.15 bits per heavy atom. The van der Waals surface area contributed by atoms with Crippen LogP contribution in [0.2, 0.25) is 5.02 Å². The lowest BCUT2D eigenvalue weighted by Crippen LogP contribution is -2.18. The lowest BCUT2D eigenvalue weighted by Gasteiger charge is -2.18. The predicted octanol–water partition coefficient (Wildman–Crippen LogP) is 4.76. The summed E-state index contributed by atoms with van der Waals surface area (Å²) >= 11 is 6.05. The van der Waals surface area contributed by atoms with E-state index in [0.29, 0.717) is 23.7 Å². The zero-order valence-corrected chi connectivity index (χ0v) is 15.0. The summed E-state index contributed by atoms with van der Waals surface area (Å²) in [7, 11) is 0. The third-order valence-electron chi connectivity index (χ3n) is 4.92. The van der Waals surface area contributed by atoms with Gasteiger partial charge in [0.1, 0.15) is 5.92 Å². The van der Waals surface area contributed by atoms with Crippen LogP contribution in [0.3, 0.4) is 0 Å². The normalized spacial score (nSPS) is 16.3. The van der Waals surface area contributed by atoms with Gasteiger partial charge in [-0.2, -0.15) is 5.10 Å². The van der Waals surface area contributed by atoms with E-state index in [4.69, 9.17) is 16.7 Å². The lowest BCUT2D eigenvalue weighted by atomic mass is 9.86. The van der Waals surface area contributed by atoms with Crippen molar-refractivity contribution in [2.45, 2.75) is 31.7 Å². The molecule has 1 aromatic heterocycles. The van der Waals surface area contributed by atoms with Gasteiger partial charge in [0, 0.05) is 16.1 Å². The Kier molecular flexibility index (Phi) is 4.51. The first-order valence-corrected chi connectivity index (χ1v) is 9.13. The molecular weight excluding hydrogens is 348 g/mol. The van der Waals surface area contributed by atoms with Gasteiger partial charge < -0.3 is 5.11 Å². The third kappa shape index (κ3) is 3.13. The second-order valence-electron chi connectivity index (χ2n) is 6.65. The molecule has 0 bridgehead atoms. The van der Waals surface area contributed by atoms with Crippen LogP contribution in [-0.4, -0.2) is 20.9 Å². The van der Waals surface area contributed by atoms with Crippen LogP contribution < -0.4 is 0 Å². The molecule has 0 amide bonds. The van der Waals surface area contributed by atoms with Gasteiger partial charge in [0.25, 0.3) is 0 Å². The van der Waals surface area contributed by atoms with E-state index in [1.807, 2.05) is 47.1 Å². The van der Waals surface area contributed by atoms with E-state index >= 15 is 0 Å². The summed E-state index contributed by atoms with van der Waals surface area (Å²) in [6.45, 7) is 0.609. The summed E-state index contributed by atoms with van der Waals surface area (Å²) in [6, 6.07) is 17.8. The first kappa shape index (κ1) is 16.9. The van der Waals surface area contributed by atoms with Crippen molar-refractivity contribution in [2.75, 3.05) is 0 Å². The van der Waals surface area contributed by atoms with E-state index in [9.17, 15) is 9.90 Å². The lowest BCUT2D eigenvalue weighted by molar-refractivity contribution is -0.139. The minimum Gasteiger partial charge on any atom is -0.481 e. The molecule has 3 aromatic rings. The Labute approximate surface area is 157 Å². The molecular formula is C21H19ClN2O2. The van der Waals surface area contributed by atoms with Gasteiger partial charge in [-0.3, -0.25) is 9.48 Å². The topological polar surface area (TPSA) is 55.1 Å². The summed E-state index contributed by atoms with van der Waals surface area (Å²) in [5.74, 6) is -1.32. The van der Waals surface area contributed by atoms with E-state index < -0.39 is 11.9 Å². The van der Waals surface area contributed by atoms with Crippen molar-refractivity contribution in [3.05, 3.63) is 76.4 Å². The molecule has 1 atom stereocenters. The number of carboxylic acids is 1. The molecule has 1 aliphatic carbocycles. The van der Waals surface area contributed by atoms with Crippen molar-refractivity contribution in [3.63, 3.8) is 0 Å². The molecule has 1 unspecified atom stereocenters. The van der Waals surface area contributed by atoms with Crippen LogP contribution in [-0.2, 0) is 17.8 Å². The highest BCUT2D eigenvalue weighted by Crippen LogP contribution is 2.38. The molecule has 132 valence electrons. The van der Waals surface area contributed by atoms with Crippen molar-refractivity contribution >= 4 is 17.6 Å². The van der Waals surface area contributed by atoms with Gasteiger partial charge in [-0.1, -0.05) is 54.1 Å². The highest BCUT2D eigenvalue weighted by molar-refractivity contribution is 6.30. The van der Waals surface area contributed by atoms with Crippen LogP contribution in [0.4, 0.5) is 0 Å². The van der Waals surface area contributed by atoms with E-state index in [1.54, 1.807) is 0 Å². The molecule has 4 rings (SSSR count). The zero-order valence-electron chi connectivity index (χ0n) is 14.2. The number of hydrogen-bond donors (Lipinski definition) is 1. The Hall–Kier alpha value is -2.59. The maximum Gasteiger partial charge on any atom is 0.312 e. The van der Waals surface area contributed by atoms with E-state index in [-0.39, 0.29) is 0 Å². The summed E-state index contributed by atoms with van der Waals surface area (Å²) in [5.41, 5.74) is 4.93. The summed E-state index contributed by atoms with van der Waals surface area (Å²) < 4.78 is 1.95. The Morgan fingerprint density at radius 2 is 1.88 bits per heavy atom. The molecule has 0 saturated heterocycles. The average molecular weight is 367 g/mol. The number of halogens is 1. The summed E-state index contributed by atoms with van der Waals surface area (Å²) in [5, 5.41) is 15.0. The van der Waals surface area contributed by atoms with Gasteiger partial charge in [0.15, 0.2) is 0 Å². The van der Waals surface area contributed by atoms with Crippen LogP contribution in [0.1, 0.15) is 35.6 Å². The number of nitrogens with zero attached hydrogens (tertiary/aromatic N) is 2. The molecule has 0 fully saturated rings. The van der Waals surface area contributed by atoms with Crippen molar-refractivity contribution in [1.82, 2.24) is 9.78 Å². The molecule has 2 aromatic carbocycles. The molecule has 1 aliphatic rings. The maximum absolute atomic E-state index is 11.7. The highest BCUT2D eigenvalue weighted by Gasteiger charge is 2.32. The average Bonchev–Trinajstić information content (AvgIpc) is 3.01. The second kappa shape index (κ2) is 6.96. The number of benzene rings is 2. The third-order valence-corrected chi connectivity index (χ3v) is 5.17. The minimum atomic E-state index is -0.794. The highest BCUT2D eigenvalue weighted by atomic mass is 35.5. The monoisotopic (exact) mass is 366 g/mol. The molecule has 1 N–H and O–H groups in total. The van der Waals surface area contributed by atoms with Crippen LogP contribution >= 0.6 is 11.6 Å². The Bertz CT molecular complexity index is 933. The molecule has 4 nitrogen and oxygen atoms in total. The predicted molar refractivity (Wildman–Crippen MR) is 102 cm³/mol. The van der Waals surface area contributed by atoms with Crippen molar-refractivity contribution in [1.29, 1.82) is 0 Å². The summed E-state index contributed by atoms with van der Waals surface area (Å²) in [6.07, 6.45) is 2.36. The van der Waals surface area contributed by atoms with Gasteiger partial charge in [-0.05, 0) is 37.0 Å². The standard InChI is InChI=1S/C21H19ClN2O2/c22-16-11-9-15(10-12-16)20-17-7-4-8-18(21(25)26)19(17)23-24(20)13-14-5-2-1-3-6-14/h1-3,5-6,9-12,18H,4,7-8,13H2,(H,25,26). The van der Waals surface area contributed by atoms with Gasteiger partial charge >= 0.3 is 5.97 Å². The molecule has 1 heterocycles. The smallest absolute Gasteiger partial charge is 0.312 e. The van der Waals surface area contributed by atoms with Crippen molar-refractivity contribution in [3.8, 4) is 11.3 Å². The van der Waals surface area contributed by atoms with Gasteiger partial charge in [-0.15, -0.1) is 0 Å². The first-order valence-electron chi connectivity index (χ1n) is 8.75. The molecule has 26 heavy (non-hydrogen) atoms. The van der Waals surface area contributed by atoms with E-state index in [0.717, 1.165) is 35.2 Å². The fourth-order valence-electron chi connectivity index (χ4n) is 3.71. The molecule has 0 saturated carbocycles. The fourth-order valence-corrected chi connectivity index (χ4v) is 3.83. The Morgan fingerprint density at radius 3 is 2.58 bits per heavy atom. The van der Waals surface area contributed by atoms with E-state index in [1.165, 1.54) is 0 Å². The largest absolute Gasteiger partial charge is 0.481 e. The number of aliphatic carboxylic acids is 1. The van der Waals surface area contributed by atoms with Gasteiger partial charge in [0.2, 0.25) is 0 Å². The second-order valence-corrected chi connectivity index (χ2v) is 7.08. The number of hydrogen-bond acceptors (Lipinski definition) is 2. The number of fused-ring (bicyclic) bond motifs is 1. The molecule has 5 heteroatoms. The van der Waals surface area contributed by atoms with Crippen molar-refractivity contribution < 1.29 is 9.90 Å². The van der Waals surface area contributed by atoms with Gasteiger partial charge in [-0.25, -0.2) is 0 Å². The van der Waals surface area contributed by atoms with Gasteiger partial charge in [0.05, 0.1) is 17.9 Å². The van der Waals surface area contributed by atoms with Crippen molar-refractivity contribution in [2.24, 2.45) is 0 Å². The van der Waals surface area contributed by atoms with E-state index in [2.05, 4.69) is 12.1 Å². The minimum absolute atomic E-state index is 0.526. The molecule has 0 spiro atoms. The molecule has 0 radical (unpaired) electrons. The van der Waals surface area contributed by atoms with Crippen LogP contribution in [0.15, 0.2) is 54.6 Å². The Balaban J connectivity index is 1.86. The SMILES string of the molecule is O=C(O)C1CCCc2c1nn(Cc1ccccc1)c2-c1ccc(Cl)cc1. The fraction of sp³-hybridized carbons (Fsp3) is 0.238. The number of carboxylic acid groups (broad SMARTS) is 1. The number of aromatic nitrogens is 2. The van der Waals surface area contributed by atoms with Crippen LogP contribution in [0, 0.1) is 0 Å². The maximum atomic E-state index is 11.7. The number of rotatable bonds is 4. The summed E-state index contributed by atoms with van der Waals surface area (Å²) in [4.78, 5) is 11.7. The van der Waals surface area contributed by atoms with Crippen LogP contribution in [0.25, 0.3) is 11.3 Å². The first-order chi connectivity index (χ1) is 12.6. The molecule has 0 aliphatic heterocycles. The van der Waals surface area contributed by atoms with Crippen LogP contribution in [0.5, 0.6) is 0 Å². The number of carbonyl (C=O) groups is 1. The zero-order chi connectivity index (χ0) is 18.1.